The van der Waals surface area contributed by atoms with Crippen molar-refractivity contribution in [2.45, 2.75) is 58.0 Å². The highest BCUT2D eigenvalue weighted by atomic mass is 16.1. The zero-order valence-electron chi connectivity index (χ0n) is 20.6. The van der Waals surface area contributed by atoms with Gasteiger partial charge in [0.1, 0.15) is 17.3 Å². The summed E-state index contributed by atoms with van der Waals surface area (Å²) in [4.78, 5) is 22.4. The van der Waals surface area contributed by atoms with Gasteiger partial charge in [-0.3, -0.25) is 15.1 Å². The van der Waals surface area contributed by atoms with Crippen molar-refractivity contribution >= 4 is 23.3 Å². The largest absolute Gasteiger partial charge is 0.373 e. The molecule has 0 spiro atoms. The first-order chi connectivity index (χ1) is 16.5. The Bertz CT molecular complexity index is 973. The molecule has 34 heavy (non-hydrogen) atoms. The minimum atomic E-state index is -0.321. The summed E-state index contributed by atoms with van der Waals surface area (Å²) in [6.45, 7) is 6.96. The second-order valence-electron chi connectivity index (χ2n) is 9.60. The van der Waals surface area contributed by atoms with E-state index < -0.39 is 0 Å². The number of anilines is 2. The lowest BCUT2D eigenvalue weighted by Crippen LogP contribution is -2.46. The summed E-state index contributed by atoms with van der Waals surface area (Å²) in [6, 6.07) is 12.6. The molecule has 2 fully saturated rings. The molecular weight excluding hydrogens is 424 g/mol. The van der Waals surface area contributed by atoms with Crippen LogP contribution in [0, 0.1) is 12.3 Å². The van der Waals surface area contributed by atoms with Gasteiger partial charge < -0.3 is 15.5 Å². The number of aryl methyl sites for hydroxylation is 1. The van der Waals surface area contributed by atoms with Crippen LogP contribution in [0.15, 0.2) is 36.4 Å². The molecule has 0 unspecified atom stereocenters. The number of piperidine rings is 1. The van der Waals surface area contributed by atoms with Crippen molar-refractivity contribution in [2.75, 3.05) is 43.4 Å². The van der Waals surface area contributed by atoms with Crippen molar-refractivity contribution in [3.05, 3.63) is 53.1 Å². The molecule has 0 atom stereocenters. The summed E-state index contributed by atoms with van der Waals surface area (Å²) < 4.78 is 0. The van der Waals surface area contributed by atoms with Gasteiger partial charge in [0.15, 0.2) is 0 Å². The Labute approximate surface area is 203 Å². The van der Waals surface area contributed by atoms with E-state index in [4.69, 9.17) is 10.4 Å². The van der Waals surface area contributed by atoms with E-state index in [1.807, 2.05) is 12.1 Å². The number of pyridine rings is 1. The summed E-state index contributed by atoms with van der Waals surface area (Å²) in [5, 5.41) is 14.7. The normalized spacial score (nSPS) is 17.8. The molecule has 7 heteroatoms. The molecule has 2 saturated heterocycles. The Kier molecular flexibility index (Phi) is 8.16. The van der Waals surface area contributed by atoms with Crippen LogP contribution in [0.4, 0.5) is 11.6 Å². The van der Waals surface area contributed by atoms with E-state index in [0.717, 1.165) is 51.4 Å². The van der Waals surface area contributed by atoms with Crippen molar-refractivity contribution in [1.29, 1.82) is 5.41 Å². The smallest absolute Gasteiger partial charge is 0.270 e. The van der Waals surface area contributed by atoms with Crippen molar-refractivity contribution in [3.63, 3.8) is 0 Å². The number of likely N-dealkylation sites (tertiary alicyclic amines) is 1. The van der Waals surface area contributed by atoms with Crippen LogP contribution in [0.2, 0.25) is 0 Å². The van der Waals surface area contributed by atoms with Gasteiger partial charge in [-0.1, -0.05) is 42.7 Å². The average Bonchev–Trinajstić information content (AvgIpc) is 3.15. The van der Waals surface area contributed by atoms with Gasteiger partial charge in [-0.05, 0) is 50.3 Å². The second kappa shape index (κ2) is 11.5. The Balaban J connectivity index is 1.31. The molecule has 0 saturated carbocycles. The molecule has 182 valence electrons. The molecule has 1 aromatic carbocycles. The summed E-state index contributed by atoms with van der Waals surface area (Å²) in [5.41, 5.74) is 3.13. The van der Waals surface area contributed by atoms with E-state index in [0.29, 0.717) is 11.4 Å². The lowest BCUT2D eigenvalue weighted by atomic mass is 10.0. The predicted octanol–water partition coefficient (Wildman–Crippen LogP) is 3.96. The van der Waals surface area contributed by atoms with Crippen LogP contribution < -0.4 is 15.5 Å². The van der Waals surface area contributed by atoms with E-state index in [1.165, 1.54) is 36.8 Å². The van der Waals surface area contributed by atoms with E-state index >= 15 is 0 Å². The molecule has 3 heterocycles. The molecule has 0 radical (unpaired) electrons. The number of nitrogens with zero attached hydrogens (tertiary/aromatic N) is 3. The van der Waals surface area contributed by atoms with Crippen LogP contribution in [-0.4, -0.2) is 60.8 Å². The third kappa shape index (κ3) is 6.14. The van der Waals surface area contributed by atoms with Gasteiger partial charge in [0, 0.05) is 51.4 Å². The van der Waals surface area contributed by atoms with Crippen LogP contribution in [0.1, 0.15) is 55.2 Å². The van der Waals surface area contributed by atoms with Gasteiger partial charge >= 0.3 is 0 Å². The van der Waals surface area contributed by atoms with Crippen molar-refractivity contribution < 1.29 is 4.79 Å². The Hall–Kier alpha value is -2.93. The highest BCUT2D eigenvalue weighted by Gasteiger charge is 2.24. The van der Waals surface area contributed by atoms with E-state index in [-0.39, 0.29) is 17.7 Å². The molecule has 1 amide bonds. The molecule has 4 rings (SSSR count). The number of nitrogens with one attached hydrogen (secondary N) is 3. The quantitative estimate of drug-likeness (QED) is 0.543. The number of hydrogen-bond donors (Lipinski definition) is 3. The summed E-state index contributed by atoms with van der Waals surface area (Å²) >= 11 is 0. The van der Waals surface area contributed by atoms with Crippen LogP contribution >= 0.6 is 0 Å². The van der Waals surface area contributed by atoms with E-state index in [1.54, 1.807) is 7.05 Å². The van der Waals surface area contributed by atoms with Crippen LogP contribution in [-0.2, 0) is 11.3 Å². The first-order valence-electron chi connectivity index (χ1n) is 12.6. The van der Waals surface area contributed by atoms with Crippen LogP contribution in [0.5, 0.6) is 0 Å². The number of carbonyl (C=O) groups excluding carboxylic acids is 1. The number of hydrogen-bond acceptors (Lipinski definition) is 6. The maximum Gasteiger partial charge on any atom is 0.270 e. The number of aromatic nitrogens is 1. The molecule has 1 aromatic heterocycles. The number of carbonyl (C=O) groups is 1. The van der Waals surface area contributed by atoms with Gasteiger partial charge in [-0.25, -0.2) is 4.98 Å². The lowest BCUT2D eigenvalue weighted by molar-refractivity contribution is -0.115. The maximum absolute atomic E-state index is 12.9. The van der Waals surface area contributed by atoms with E-state index in [2.05, 4.69) is 51.6 Å². The van der Waals surface area contributed by atoms with Crippen molar-refractivity contribution in [3.8, 4) is 0 Å². The topological polar surface area (TPSA) is 84.4 Å². The highest BCUT2D eigenvalue weighted by molar-refractivity contribution is 6.45. The van der Waals surface area contributed by atoms with Gasteiger partial charge in [0.25, 0.3) is 5.91 Å². The molecule has 0 aliphatic carbocycles. The molecule has 7 nitrogen and oxygen atoms in total. The molecule has 3 N–H and O–H groups in total. The predicted molar refractivity (Wildman–Crippen MR) is 139 cm³/mol. The first kappa shape index (κ1) is 24.2. The van der Waals surface area contributed by atoms with Gasteiger partial charge in [0.05, 0.1) is 0 Å². The van der Waals surface area contributed by atoms with Crippen LogP contribution in [0.3, 0.4) is 0 Å². The Morgan fingerprint density at radius 1 is 1.00 bits per heavy atom. The molecule has 2 aromatic rings. The SMILES string of the molecule is CNc1nc(N2CCCCCC2)ccc1C(=N)C(=O)NC1CCN(Cc2ccc(C)cc2)CC1. The molecule has 2 aliphatic rings. The van der Waals surface area contributed by atoms with Crippen molar-refractivity contribution in [2.24, 2.45) is 0 Å². The van der Waals surface area contributed by atoms with E-state index in [9.17, 15) is 4.79 Å². The average molecular weight is 463 g/mol. The van der Waals surface area contributed by atoms with Gasteiger partial charge in [-0.15, -0.1) is 0 Å². The summed E-state index contributed by atoms with van der Waals surface area (Å²) in [7, 11) is 1.80. The first-order valence-corrected chi connectivity index (χ1v) is 12.6. The third-order valence-corrected chi connectivity index (χ3v) is 6.99. The lowest BCUT2D eigenvalue weighted by Gasteiger charge is -2.32. The maximum atomic E-state index is 12.9. The molecule has 2 aliphatic heterocycles. The Morgan fingerprint density at radius 3 is 2.32 bits per heavy atom. The Morgan fingerprint density at radius 2 is 1.68 bits per heavy atom. The standard InChI is InChI=1S/C27H38N6O/c1-20-7-9-21(10-8-20)19-32-17-13-22(14-18-32)30-27(34)25(28)23-11-12-24(31-26(23)29-2)33-15-5-3-4-6-16-33/h7-12,22,28H,3-6,13-19H2,1-2H3,(H,29,31)(H,30,34). The number of rotatable bonds is 7. The fourth-order valence-electron chi connectivity index (χ4n) is 4.88. The second-order valence-corrected chi connectivity index (χ2v) is 9.60. The van der Waals surface area contributed by atoms with Crippen LogP contribution in [0.25, 0.3) is 0 Å². The fourth-order valence-corrected chi connectivity index (χ4v) is 4.88. The van der Waals surface area contributed by atoms with Gasteiger partial charge in [0.2, 0.25) is 0 Å². The third-order valence-electron chi connectivity index (χ3n) is 6.99. The minimum Gasteiger partial charge on any atom is -0.373 e. The minimum absolute atomic E-state index is 0.0265. The zero-order chi connectivity index (χ0) is 23.9. The zero-order valence-corrected chi connectivity index (χ0v) is 20.6. The highest BCUT2D eigenvalue weighted by Crippen LogP contribution is 2.23. The van der Waals surface area contributed by atoms with Gasteiger partial charge in [-0.2, -0.15) is 0 Å². The summed E-state index contributed by atoms with van der Waals surface area (Å²) in [6.07, 6.45) is 6.69. The molecular formula is C27H38N6O. The number of amides is 1. The molecule has 0 bridgehead atoms. The summed E-state index contributed by atoms with van der Waals surface area (Å²) in [5.74, 6) is 1.19. The van der Waals surface area contributed by atoms with Crippen molar-refractivity contribution in [1.82, 2.24) is 15.2 Å². The fraction of sp³-hybridized carbons (Fsp3) is 0.519. The number of benzene rings is 1. The monoisotopic (exact) mass is 462 g/mol.